The molecule has 2 N–H and O–H groups in total. The fraction of sp³-hybridized carbons (Fsp3) is 0.458. The molecular formula is C24H26F4N2O3S. The van der Waals surface area contributed by atoms with E-state index in [9.17, 15) is 30.8 Å². The van der Waals surface area contributed by atoms with E-state index in [4.69, 9.17) is 5.73 Å². The molecule has 34 heavy (non-hydrogen) atoms. The molecule has 0 radical (unpaired) electrons. The largest absolute Gasteiger partial charge is 0.337 e. The summed E-state index contributed by atoms with van der Waals surface area (Å²) < 4.78 is 78.8. The molecule has 2 saturated heterocycles. The van der Waals surface area contributed by atoms with E-state index in [0.717, 1.165) is 31.0 Å². The van der Waals surface area contributed by atoms with Gasteiger partial charge in [0.15, 0.2) is 21.5 Å². The van der Waals surface area contributed by atoms with Crippen LogP contribution in [0.5, 0.6) is 0 Å². The summed E-state index contributed by atoms with van der Waals surface area (Å²) in [4.78, 5) is 14.6. The van der Waals surface area contributed by atoms with Gasteiger partial charge in [-0.05, 0) is 73.9 Å². The van der Waals surface area contributed by atoms with Gasteiger partial charge in [-0.2, -0.15) is 0 Å². The zero-order chi connectivity index (χ0) is 24.6. The van der Waals surface area contributed by atoms with Crippen molar-refractivity contribution in [2.45, 2.75) is 61.5 Å². The van der Waals surface area contributed by atoms with Crippen LogP contribution in [0.1, 0.15) is 37.7 Å². The number of hydrogen-bond acceptors (Lipinski definition) is 4. The number of sulfone groups is 1. The van der Waals surface area contributed by atoms with Crippen LogP contribution in [-0.2, 0) is 21.1 Å². The van der Waals surface area contributed by atoms with E-state index in [2.05, 4.69) is 0 Å². The number of carbonyl (C=O) groups excluding carboxylic acids is 1. The maximum absolute atomic E-state index is 14.0. The number of benzene rings is 2. The van der Waals surface area contributed by atoms with Gasteiger partial charge >= 0.3 is 0 Å². The van der Waals surface area contributed by atoms with Crippen LogP contribution in [0.15, 0.2) is 41.3 Å². The predicted molar refractivity (Wildman–Crippen MR) is 117 cm³/mol. The Morgan fingerprint density at radius 3 is 2.18 bits per heavy atom. The minimum Gasteiger partial charge on any atom is -0.337 e. The van der Waals surface area contributed by atoms with E-state index in [0.29, 0.717) is 18.9 Å². The Morgan fingerprint density at radius 1 is 0.971 bits per heavy atom. The topological polar surface area (TPSA) is 80.5 Å². The zero-order valence-electron chi connectivity index (χ0n) is 18.4. The second kappa shape index (κ2) is 9.65. The van der Waals surface area contributed by atoms with Crippen molar-refractivity contribution in [1.29, 1.82) is 0 Å². The van der Waals surface area contributed by atoms with Gasteiger partial charge in [-0.3, -0.25) is 4.79 Å². The van der Waals surface area contributed by atoms with Crippen LogP contribution in [0.3, 0.4) is 0 Å². The van der Waals surface area contributed by atoms with Crippen molar-refractivity contribution < 1.29 is 30.8 Å². The maximum atomic E-state index is 14.0. The lowest BCUT2D eigenvalue weighted by atomic mass is 9.82. The van der Waals surface area contributed by atoms with Gasteiger partial charge in [-0.1, -0.05) is 0 Å². The Balaban J connectivity index is 1.36. The van der Waals surface area contributed by atoms with Gasteiger partial charge in [0.1, 0.15) is 11.6 Å². The average Bonchev–Trinajstić information content (AvgIpc) is 3.05. The molecule has 1 amide bonds. The monoisotopic (exact) mass is 498 g/mol. The minimum absolute atomic E-state index is 0.0169. The molecule has 2 heterocycles. The maximum Gasteiger partial charge on any atom is 0.224 e. The number of piperidine rings is 1. The Hall–Kier alpha value is -2.46. The predicted octanol–water partition coefficient (Wildman–Crippen LogP) is 3.75. The number of nitrogens with two attached hydrogens (primary N) is 1. The lowest BCUT2D eigenvalue weighted by molar-refractivity contribution is -0.136. The highest BCUT2D eigenvalue weighted by Gasteiger charge is 2.44. The Kier molecular flexibility index (Phi) is 7.00. The van der Waals surface area contributed by atoms with Crippen LogP contribution in [0.2, 0.25) is 0 Å². The Bertz CT molecular complexity index is 1160. The summed E-state index contributed by atoms with van der Waals surface area (Å²) in [6.45, 7) is 0. The molecule has 0 aliphatic carbocycles. The van der Waals surface area contributed by atoms with Crippen LogP contribution < -0.4 is 5.73 Å². The van der Waals surface area contributed by atoms with Gasteiger partial charge in [0.2, 0.25) is 5.91 Å². The first kappa shape index (κ1) is 24.7. The van der Waals surface area contributed by atoms with E-state index in [1.807, 2.05) is 0 Å². The number of fused-ring (bicyclic) bond motifs is 2. The molecule has 0 saturated carbocycles. The normalized spacial score (nSPS) is 23.2. The van der Waals surface area contributed by atoms with Crippen molar-refractivity contribution >= 4 is 15.7 Å². The fourth-order valence-electron chi connectivity index (χ4n) is 5.23. The Labute approximate surface area is 195 Å². The van der Waals surface area contributed by atoms with Crippen molar-refractivity contribution in [2.75, 3.05) is 5.75 Å². The number of amides is 1. The van der Waals surface area contributed by atoms with Gasteiger partial charge in [-0.25, -0.2) is 26.0 Å². The summed E-state index contributed by atoms with van der Waals surface area (Å²) >= 11 is 0. The smallest absolute Gasteiger partial charge is 0.224 e. The molecule has 0 spiro atoms. The molecule has 2 bridgehead atoms. The second-order valence-electron chi connectivity index (χ2n) is 9.17. The second-order valence-corrected chi connectivity index (χ2v) is 11.3. The SMILES string of the molecule is N[C@H](Cc1cc(F)c(F)cc1F)C1CC2CCC(C1)N2C(=O)CCS(=O)(=O)c1ccc(F)cc1. The first-order valence-corrected chi connectivity index (χ1v) is 12.9. The number of halogens is 4. The van der Waals surface area contributed by atoms with Crippen molar-refractivity contribution in [3.63, 3.8) is 0 Å². The molecule has 2 fully saturated rings. The van der Waals surface area contributed by atoms with Crippen LogP contribution in [0.25, 0.3) is 0 Å². The molecule has 2 aromatic rings. The number of nitrogens with zero attached hydrogens (tertiary/aromatic N) is 1. The summed E-state index contributed by atoms with van der Waals surface area (Å²) in [6.07, 6.45) is 2.58. The third-order valence-corrected chi connectivity index (χ3v) is 8.70. The third kappa shape index (κ3) is 5.12. The molecule has 2 unspecified atom stereocenters. The minimum atomic E-state index is -3.72. The van der Waals surface area contributed by atoms with E-state index in [1.165, 1.54) is 12.1 Å². The standard InChI is InChI=1S/C24H26F4N2O3S/c25-16-1-5-19(6-2-16)34(32,33)8-7-24(31)30-17-3-4-18(30)10-15(9-17)23(29)12-14-11-21(27)22(28)13-20(14)26/h1-2,5-6,11,13,15,17-18,23H,3-4,7-10,12,29H2/t15?,17?,18?,23-/m1/s1. The highest BCUT2D eigenvalue weighted by Crippen LogP contribution is 2.40. The first-order valence-electron chi connectivity index (χ1n) is 11.2. The molecule has 4 rings (SSSR count). The summed E-state index contributed by atoms with van der Waals surface area (Å²) in [5.74, 6) is -4.41. The molecular weight excluding hydrogens is 472 g/mol. The van der Waals surface area contributed by atoms with Crippen LogP contribution in [-0.4, -0.2) is 43.1 Å². The highest BCUT2D eigenvalue weighted by atomic mass is 32.2. The number of carbonyl (C=O) groups is 1. The highest BCUT2D eigenvalue weighted by molar-refractivity contribution is 7.91. The van der Waals surface area contributed by atoms with Crippen molar-refractivity contribution in [3.05, 3.63) is 65.2 Å². The molecule has 5 nitrogen and oxygen atoms in total. The van der Waals surface area contributed by atoms with E-state index >= 15 is 0 Å². The molecule has 0 aromatic heterocycles. The average molecular weight is 499 g/mol. The van der Waals surface area contributed by atoms with Gasteiger partial charge in [0.05, 0.1) is 10.6 Å². The van der Waals surface area contributed by atoms with Crippen LogP contribution in [0, 0.1) is 29.2 Å². The summed E-state index contributed by atoms with van der Waals surface area (Å²) in [7, 11) is -3.72. The van der Waals surface area contributed by atoms with Gasteiger partial charge in [0, 0.05) is 30.6 Å². The van der Waals surface area contributed by atoms with Gasteiger partial charge < -0.3 is 10.6 Å². The van der Waals surface area contributed by atoms with Gasteiger partial charge in [0.25, 0.3) is 0 Å². The lowest BCUT2D eigenvalue weighted by Gasteiger charge is -2.41. The van der Waals surface area contributed by atoms with E-state index in [1.54, 1.807) is 4.90 Å². The molecule has 2 aliphatic rings. The summed E-state index contributed by atoms with van der Waals surface area (Å²) in [5.41, 5.74) is 6.33. The first-order chi connectivity index (χ1) is 16.0. The van der Waals surface area contributed by atoms with Crippen molar-refractivity contribution in [2.24, 2.45) is 11.7 Å². The fourth-order valence-corrected chi connectivity index (χ4v) is 6.46. The number of hydrogen-bond donors (Lipinski definition) is 1. The number of rotatable bonds is 7. The Morgan fingerprint density at radius 2 is 1.56 bits per heavy atom. The lowest BCUT2D eigenvalue weighted by Crippen LogP contribution is -2.50. The molecule has 184 valence electrons. The quantitative estimate of drug-likeness (QED) is 0.358. The van der Waals surface area contributed by atoms with Crippen molar-refractivity contribution in [3.8, 4) is 0 Å². The molecule has 2 aromatic carbocycles. The molecule has 10 heteroatoms. The molecule has 2 aliphatic heterocycles. The summed E-state index contributed by atoms with van der Waals surface area (Å²) in [5, 5.41) is 0. The van der Waals surface area contributed by atoms with Crippen LogP contribution in [0.4, 0.5) is 17.6 Å². The molecule has 3 atom stereocenters. The zero-order valence-corrected chi connectivity index (χ0v) is 19.2. The van der Waals surface area contributed by atoms with E-state index in [-0.39, 0.29) is 53.0 Å². The summed E-state index contributed by atoms with van der Waals surface area (Å²) in [6, 6.07) is 5.17. The van der Waals surface area contributed by atoms with Crippen LogP contribution >= 0.6 is 0 Å². The van der Waals surface area contributed by atoms with Gasteiger partial charge in [-0.15, -0.1) is 0 Å². The van der Waals surface area contributed by atoms with Crippen molar-refractivity contribution in [1.82, 2.24) is 4.90 Å². The van der Waals surface area contributed by atoms with E-state index < -0.39 is 39.1 Å². The third-order valence-electron chi connectivity index (χ3n) is 6.97.